The van der Waals surface area contributed by atoms with Gasteiger partial charge in [-0.15, -0.1) is 0 Å². The summed E-state index contributed by atoms with van der Waals surface area (Å²) in [6.07, 6.45) is 3.11. The fraction of sp³-hybridized carbons (Fsp3) is 0.556. The van der Waals surface area contributed by atoms with Gasteiger partial charge in [-0.3, -0.25) is 0 Å². The Kier molecular flexibility index (Phi) is 6.02. The van der Waals surface area contributed by atoms with Gasteiger partial charge in [-0.1, -0.05) is 27.2 Å². The van der Waals surface area contributed by atoms with Crippen LogP contribution >= 0.6 is 0 Å². The first-order chi connectivity index (χ1) is 11.1. The van der Waals surface area contributed by atoms with Crippen LogP contribution in [0.25, 0.3) is 10.9 Å². The molecule has 1 heterocycles. The number of fused-ring (bicyclic) bond motifs is 1. The van der Waals surface area contributed by atoms with Crippen molar-refractivity contribution in [2.45, 2.75) is 40.0 Å². The maximum absolute atomic E-state index is 5.41. The topological polar surface area (TPSA) is 56.3 Å². The van der Waals surface area contributed by atoms with Gasteiger partial charge in [0, 0.05) is 24.4 Å². The van der Waals surface area contributed by atoms with Crippen LogP contribution in [0.3, 0.4) is 0 Å². The van der Waals surface area contributed by atoms with Crippen LogP contribution in [0.1, 0.15) is 39.4 Å². The molecule has 0 spiro atoms. The molecule has 1 aromatic carbocycles. The molecule has 5 nitrogen and oxygen atoms in total. The van der Waals surface area contributed by atoms with E-state index in [0.29, 0.717) is 17.4 Å². The lowest BCUT2D eigenvalue weighted by molar-refractivity contribution is 0.356. The molecule has 0 saturated carbocycles. The lowest BCUT2D eigenvalue weighted by Crippen LogP contribution is -2.08. The van der Waals surface area contributed by atoms with E-state index in [1.165, 1.54) is 0 Å². The Morgan fingerprint density at radius 2 is 1.78 bits per heavy atom. The van der Waals surface area contributed by atoms with Crippen LogP contribution in [0.15, 0.2) is 12.1 Å². The molecule has 0 aliphatic carbocycles. The number of hydrogen-bond acceptors (Lipinski definition) is 5. The molecule has 0 aliphatic heterocycles. The number of nitrogens with zero attached hydrogens (tertiary/aromatic N) is 2. The van der Waals surface area contributed by atoms with E-state index in [2.05, 4.69) is 26.1 Å². The lowest BCUT2D eigenvalue weighted by Gasteiger charge is -2.14. The summed E-state index contributed by atoms with van der Waals surface area (Å²) in [7, 11) is 3.28. The zero-order valence-electron chi connectivity index (χ0n) is 14.8. The predicted molar refractivity (Wildman–Crippen MR) is 94.6 cm³/mol. The van der Waals surface area contributed by atoms with E-state index in [1.807, 2.05) is 12.1 Å². The third kappa shape index (κ3) is 4.24. The van der Waals surface area contributed by atoms with E-state index in [4.69, 9.17) is 19.4 Å². The fourth-order valence-electron chi connectivity index (χ4n) is 2.48. The zero-order valence-corrected chi connectivity index (χ0v) is 14.8. The van der Waals surface area contributed by atoms with Crippen molar-refractivity contribution in [2.24, 2.45) is 5.92 Å². The maximum atomic E-state index is 5.41. The van der Waals surface area contributed by atoms with Crippen LogP contribution in [0.4, 0.5) is 5.82 Å². The van der Waals surface area contributed by atoms with E-state index >= 15 is 0 Å². The summed E-state index contributed by atoms with van der Waals surface area (Å²) >= 11 is 0. The maximum Gasteiger partial charge on any atom is 0.162 e. The molecular formula is C18H27N3O2. The Morgan fingerprint density at radius 1 is 1.09 bits per heavy atom. The standard InChI is InChI=1S/C18H27N3O2/c1-6-7-8-19-18-13-10-15(22-4)16(23-5)11-14(13)20-17(21-18)9-12(2)3/h10-12H,6-9H2,1-5H3,(H,19,20,21). The minimum Gasteiger partial charge on any atom is -0.493 e. The van der Waals surface area contributed by atoms with Gasteiger partial charge in [0.15, 0.2) is 11.5 Å². The predicted octanol–water partition coefficient (Wildman–Crippen LogP) is 4.06. The molecule has 1 N–H and O–H groups in total. The Morgan fingerprint density at radius 3 is 2.39 bits per heavy atom. The van der Waals surface area contributed by atoms with Gasteiger partial charge in [-0.25, -0.2) is 9.97 Å². The number of benzene rings is 1. The van der Waals surface area contributed by atoms with Gasteiger partial charge >= 0.3 is 0 Å². The van der Waals surface area contributed by atoms with E-state index in [-0.39, 0.29) is 0 Å². The number of ether oxygens (including phenoxy) is 2. The van der Waals surface area contributed by atoms with Crippen LogP contribution in [0, 0.1) is 5.92 Å². The Hall–Kier alpha value is -2.04. The minimum absolute atomic E-state index is 0.510. The normalized spacial score (nSPS) is 11.0. The van der Waals surface area contributed by atoms with Crippen molar-refractivity contribution in [1.29, 1.82) is 0 Å². The molecule has 0 radical (unpaired) electrons. The Labute approximate surface area is 138 Å². The number of hydrogen-bond donors (Lipinski definition) is 1. The van der Waals surface area contributed by atoms with Crippen LogP contribution in [0.2, 0.25) is 0 Å². The number of aromatic nitrogens is 2. The smallest absolute Gasteiger partial charge is 0.162 e. The molecule has 0 fully saturated rings. The van der Waals surface area contributed by atoms with Crippen molar-refractivity contribution in [2.75, 3.05) is 26.1 Å². The van der Waals surface area contributed by atoms with Crippen molar-refractivity contribution in [3.05, 3.63) is 18.0 Å². The molecule has 2 rings (SSSR count). The molecular weight excluding hydrogens is 290 g/mol. The SMILES string of the molecule is CCCCNc1nc(CC(C)C)nc2cc(OC)c(OC)cc12. The quantitative estimate of drug-likeness (QED) is 0.744. The third-order valence-electron chi connectivity index (χ3n) is 3.66. The van der Waals surface area contributed by atoms with Crippen molar-refractivity contribution in [1.82, 2.24) is 9.97 Å². The number of rotatable bonds is 8. The highest BCUT2D eigenvalue weighted by Crippen LogP contribution is 2.34. The first-order valence-electron chi connectivity index (χ1n) is 8.25. The molecule has 0 unspecified atom stereocenters. The highest BCUT2D eigenvalue weighted by Gasteiger charge is 2.13. The zero-order chi connectivity index (χ0) is 16.8. The fourth-order valence-corrected chi connectivity index (χ4v) is 2.48. The first-order valence-corrected chi connectivity index (χ1v) is 8.25. The van der Waals surface area contributed by atoms with Gasteiger partial charge < -0.3 is 14.8 Å². The minimum atomic E-state index is 0.510. The largest absolute Gasteiger partial charge is 0.493 e. The third-order valence-corrected chi connectivity index (χ3v) is 3.66. The van der Waals surface area contributed by atoms with E-state index < -0.39 is 0 Å². The van der Waals surface area contributed by atoms with E-state index in [1.54, 1.807) is 14.2 Å². The van der Waals surface area contributed by atoms with Crippen molar-refractivity contribution in [3.63, 3.8) is 0 Å². The number of anilines is 1. The highest BCUT2D eigenvalue weighted by atomic mass is 16.5. The molecule has 126 valence electrons. The summed E-state index contributed by atoms with van der Waals surface area (Å²) in [5.74, 6) is 3.63. The van der Waals surface area contributed by atoms with E-state index in [9.17, 15) is 0 Å². The summed E-state index contributed by atoms with van der Waals surface area (Å²) in [6.45, 7) is 7.43. The average Bonchev–Trinajstić information content (AvgIpc) is 2.53. The van der Waals surface area contributed by atoms with Crippen LogP contribution in [-0.4, -0.2) is 30.7 Å². The molecule has 5 heteroatoms. The summed E-state index contributed by atoms with van der Waals surface area (Å²) in [4.78, 5) is 9.43. The van der Waals surface area contributed by atoms with Gasteiger partial charge in [-0.2, -0.15) is 0 Å². The van der Waals surface area contributed by atoms with Crippen molar-refractivity contribution >= 4 is 16.7 Å². The molecule has 0 bridgehead atoms. The Balaban J connectivity index is 2.52. The lowest BCUT2D eigenvalue weighted by atomic mass is 10.1. The summed E-state index contributed by atoms with van der Waals surface area (Å²) in [5, 5.41) is 4.41. The second-order valence-corrected chi connectivity index (χ2v) is 6.09. The van der Waals surface area contributed by atoms with Crippen LogP contribution in [0.5, 0.6) is 11.5 Å². The van der Waals surface area contributed by atoms with E-state index in [0.717, 1.165) is 48.4 Å². The molecule has 23 heavy (non-hydrogen) atoms. The molecule has 0 saturated heterocycles. The molecule has 1 aromatic heterocycles. The monoisotopic (exact) mass is 317 g/mol. The summed E-state index contributed by atoms with van der Waals surface area (Å²) in [6, 6.07) is 3.87. The van der Waals surface area contributed by atoms with Crippen molar-refractivity contribution in [3.8, 4) is 11.5 Å². The van der Waals surface area contributed by atoms with Gasteiger partial charge in [-0.05, 0) is 18.4 Å². The van der Waals surface area contributed by atoms with Gasteiger partial charge in [0.2, 0.25) is 0 Å². The number of methoxy groups -OCH3 is 2. The van der Waals surface area contributed by atoms with Gasteiger partial charge in [0.25, 0.3) is 0 Å². The second kappa shape index (κ2) is 7.99. The van der Waals surface area contributed by atoms with Crippen LogP contribution in [-0.2, 0) is 6.42 Å². The second-order valence-electron chi connectivity index (χ2n) is 6.09. The van der Waals surface area contributed by atoms with Gasteiger partial charge in [0.05, 0.1) is 19.7 Å². The number of nitrogens with one attached hydrogen (secondary N) is 1. The molecule has 2 aromatic rings. The molecule has 0 aliphatic rings. The van der Waals surface area contributed by atoms with Gasteiger partial charge in [0.1, 0.15) is 11.6 Å². The summed E-state index contributed by atoms with van der Waals surface area (Å²) in [5.41, 5.74) is 0.882. The highest BCUT2D eigenvalue weighted by molar-refractivity contribution is 5.91. The molecule has 0 amide bonds. The van der Waals surface area contributed by atoms with Crippen molar-refractivity contribution < 1.29 is 9.47 Å². The first kappa shape index (κ1) is 17.3. The average molecular weight is 317 g/mol. The van der Waals surface area contributed by atoms with Crippen LogP contribution < -0.4 is 14.8 Å². The number of unbranched alkanes of at least 4 members (excludes halogenated alkanes) is 1. The summed E-state index contributed by atoms with van der Waals surface area (Å²) < 4.78 is 10.8. The Bertz CT molecular complexity index is 656. The molecule has 0 atom stereocenters.